The highest BCUT2D eigenvalue weighted by atomic mass is 16.5. The molecule has 8 nitrogen and oxygen atoms in total. The van der Waals surface area contributed by atoms with Crippen LogP contribution in [0.3, 0.4) is 0 Å². The molecule has 0 saturated carbocycles. The molecule has 0 aliphatic rings. The third-order valence-corrected chi connectivity index (χ3v) is 3.58. The lowest BCUT2D eigenvalue weighted by molar-refractivity contribution is -0.145. The zero-order valence-electron chi connectivity index (χ0n) is 14.2. The zero-order valence-corrected chi connectivity index (χ0v) is 14.2. The maximum atomic E-state index is 12.1. The summed E-state index contributed by atoms with van der Waals surface area (Å²) in [5.74, 6) is -1.13. The second-order valence-corrected chi connectivity index (χ2v) is 5.50. The van der Waals surface area contributed by atoms with Crippen LogP contribution in [-0.2, 0) is 20.7 Å². The molecule has 0 aliphatic heterocycles. The minimum Gasteiger partial charge on any atom is -0.508 e. The number of carbonyl (C=O) groups is 3. The summed E-state index contributed by atoms with van der Waals surface area (Å²) in [6.07, 6.45) is 1.60. The summed E-state index contributed by atoms with van der Waals surface area (Å²) >= 11 is 0. The zero-order chi connectivity index (χ0) is 18.9. The molecule has 0 spiro atoms. The minimum absolute atomic E-state index is 0.00444. The fourth-order valence-corrected chi connectivity index (χ4v) is 2.25. The molecule has 8 heteroatoms. The molecule has 1 atom stereocenters. The van der Waals surface area contributed by atoms with Crippen molar-refractivity contribution in [1.82, 2.24) is 10.6 Å². The highest BCUT2D eigenvalue weighted by molar-refractivity contribution is 5.91. The van der Waals surface area contributed by atoms with Gasteiger partial charge in [-0.2, -0.15) is 0 Å². The summed E-state index contributed by atoms with van der Waals surface area (Å²) in [5.41, 5.74) is 0.754. The lowest BCUT2D eigenvalue weighted by Crippen LogP contribution is -2.44. The third-order valence-electron chi connectivity index (χ3n) is 3.58. The van der Waals surface area contributed by atoms with E-state index in [0.717, 1.165) is 5.56 Å². The molecule has 0 unspecified atom stereocenters. The number of furan rings is 1. The van der Waals surface area contributed by atoms with Gasteiger partial charge in [0, 0.05) is 19.4 Å². The molecule has 0 saturated heterocycles. The topological polar surface area (TPSA) is 118 Å². The van der Waals surface area contributed by atoms with Crippen LogP contribution in [0.5, 0.6) is 5.75 Å². The Morgan fingerprint density at radius 1 is 1.19 bits per heavy atom. The Bertz CT molecular complexity index is 740. The van der Waals surface area contributed by atoms with Crippen molar-refractivity contribution in [3.8, 4) is 5.75 Å². The van der Waals surface area contributed by atoms with Crippen molar-refractivity contribution in [3.05, 3.63) is 54.0 Å². The molecule has 0 fully saturated rings. The fraction of sp³-hybridized carbons (Fsp3) is 0.278. The summed E-state index contributed by atoms with van der Waals surface area (Å²) in [6, 6.07) is 8.54. The van der Waals surface area contributed by atoms with Crippen LogP contribution in [0, 0.1) is 0 Å². The average Bonchev–Trinajstić information content (AvgIpc) is 3.17. The van der Waals surface area contributed by atoms with Gasteiger partial charge in [-0.1, -0.05) is 12.1 Å². The van der Waals surface area contributed by atoms with Gasteiger partial charge in [0.05, 0.1) is 13.4 Å². The average molecular weight is 360 g/mol. The fourth-order valence-electron chi connectivity index (χ4n) is 2.25. The first-order valence-electron chi connectivity index (χ1n) is 7.96. The molecule has 1 aromatic carbocycles. The first-order chi connectivity index (χ1) is 12.5. The summed E-state index contributed by atoms with van der Waals surface area (Å²) < 4.78 is 9.66. The molecular formula is C18H20N2O6. The number of phenols is 1. The smallest absolute Gasteiger partial charge is 0.328 e. The molecule has 0 aliphatic carbocycles. The van der Waals surface area contributed by atoms with E-state index >= 15 is 0 Å². The van der Waals surface area contributed by atoms with E-state index < -0.39 is 23.8 Å². The predicted molar refractivity (Wildman–Crippen MR) is 91.4 cm³/mol. The van der Waals surface area contributed by atoms with E-state index in [-0.39, 0.29) is 30.9 Å². The summed E-state index contributed by atoms with van der Waals surface area (Å²) in [6.45, 7) is 0.0957. The van der Waals surface area contributed by atoms with Crippen molar-refractivity contribution in [2.24, 2.45) is 0 Å². The number of amides is 2. The number of phenolic OH excluding ortho intramolecular Hbond substituents is 1. The van der Waals surface area contributed by atoms with Gasteiger partial charge in [-0.15, -0.1) is 0 Å². The molecule has 1 heterocycles. The van der Waals surface area contributed by atoms with Crippen LogP contribution in [0.15, 0.2) is 47.1 Å². The maximum Gasteiger partial charge on any atom is 0.328 e. The number of ether oxygens (including phenoxy) is 1. The Labute approximate surface area is 150 Å². The van der Waals surface area contributed by atoms with Crippen LogP contribution in [0.25, 0.3) is 0 Å². The van der Waals surface area contributed by atoms with Gasteiger partial charge in [-0.3, -0.25) is 9.59 Å². The van der Waals surface area contributed by atoms with E-state index in [2.05, 4.69) is 10.6 Å². The number of carbonyl (C=O) groups excluding carboxylic acids is 3. The minimum atomic E-state index is -0.863. The summed E-state index contributed by atoms with van der Waals surface area (Å²) in [5, 5.41) is 14.4. The molecule has 2 aromatic rings. The normalized spacial score (nSPS) is 11.4. The van der Waals surface area contributed by atoms with E-state index in [0.29, 0.717) is 0 Å². The van der Waals surface area contributed by atoms with Crippen molar-refractivity contribution in [3.63, 3.8) is 0 Å². The summed E-state index contributed by atoms with van der Waals surface area (Å²) in [7, 11) is 1.24. The molecule has 0 radical (unpaired) electrons. The predicted octanol–water partition coefficient (Wildman–Crippen LogP) is 1.01. The standard InChI is InChI=1S/C18H20N2O6/c1-25-18(24)14(11-12-4-6-13(21)7-5-12)20-16(22)8-9-19-17(23)15-3-2-10-26-15/h2-7,10,14,21H,8-9,11H2,1H3,(H,19,23)(H,20,22)/t14-/m0/s1. The van der Waals surface area contributed by atoms with Crippen LogP contribution >= 0.6 is 0 Å². The number of methoxy groups -OCH3 is 1. The van der Waals surface area contributed by atoms with Gasteiger partial charge in [0.2, 0.25) is 5.91 Å². The molecule has 26 heavy (non-hydrogen) atoms. The van der Waals surface area contributed by atoms with Gasteiger partial charge in [-0.05, 0) is 29.8 Å². The maximum absolute atomic E-state index is 12.1. The second kappa shape index (κ2) is 9.26. The van der Waals surface area contributed by atoms with Crippen molar-refractivity contribution in [2.45, 2.75) is 18.9 Å². The molecule has 0 bridgehead atoms. The number of esters is 1. The highest BCUT2D eigenvalue weighted by Crippen LogP contribution is 2.12. The first-order valence-corrected chi connectivity index (χ1v) is 7.96. The Morgan fingerprint density at radius 2 is 1.92 bits per heavy atom. The molecule has 3 N–H and O–H groups in total. The molecule has 2 rings (SSSR count). The van der Waals surface area contributed by atoms with Crippen molar-refractivity contribution in [2.75, 3.05) is 13.7 Å². The number of hydrogen-bond acceptors (Lipinski definition) is 6. The van der Waals surface area contributed by atoms with Crippen molar-refractivity contribution in [1.29, 1.82) is 0 Å². The Kier molecular flexibility index (Phi) is 6.78. The SMILES string of the molecule is COC(=O)[C@H](Cc1ccc(O)cc1)NC(=O)CCNC(=O)c1ccco1. The van der Waals surface area contributed by atoms with Crippen LogP contribution in [0.2, 0.25) is 0 Å². The second-order valence-electron chi connectivity index (χ2n) is 5.50. The van der Waals surface area contributed by atoms with E-state index in [4.69, 9.17) is 9.15 Å². The van der Waals surface area contributed by atoms with E-state index in [1.165, 1.54) is 31.6 Å². The first kappa shape index (κ1) is 19.0. The van der Waals surface area contributed by atoms with Gasteiger partial charge in [-0.25, -0.2) is 4.79 Å². The Morgan fingerprint density at radius 3 is 2.54 bits per heavy atom. The number of benzene rings is 1. The van der Waals surface area contributed by atoms with Crippen LogP contribution in [0.1, 0.15) is 22.5 Å². The number of hydrogen-bond donors (Lipinski definition) is 3. The number of rotatable bonds is 8. The van der Waals surface area contributed by atoms with Crippen molar-refractivity contribution < 1.29 is 28.6 Å². The monoisotopic (exact) mass is 360 g/mol. The van der Waals surface area contributed by atoms with Gasteiger partial charge in [0.25, 0.3) is 5.91 Å². The van der Waals surface area contributed by atoms with Gasteiger partial charge in [0.1, 0.15) is 11.8 Å². The quantitative estimate of drug-likeness (QED) is 0.605. The summed E-state index contributed by atoms with van der Waals surface area (Å²) in [4.78, 5) is 35.6. The number of aromatic hydroxyl groups is 1. The highest BCUT2D eigenvalue weighted by Gasteiger charge is 2.22. The van der Waals surface area contributed by atoms with Crippen LogP contribution < -0.4 is 10.6 Å². The molecule has 1 aromatic heterocycles. The molecular weight excluding hydrogens is 340 g/mol. The largest absolute Gasteiger partial charge is 0.508 e. The van der Waals surface area contributed by atoms with Crippen LogP contribution in [0.4, 0.5) is 0 Å². The lowest BCUT2D eigenvalue weighted by Gasteiger charge is -2.16. The van der Waals surface area contributed by atoms with E-state index in [1.807, 2.05) is 0 Å². The Balaban J connectivity index is 1.84. The lowest BCUT2D eigenvalue weighted by atomic mass is 10.1. The van der Waals surface area contributed by atoms with E-state index in [1.54, 1.807) is 18.2 Å². The van der Waals surface area contributed by atoms with Crippen molar-refractivity contribution >= 4 is 17.8 Å². The van der Waals surface area contributed by atoms with Gasteiger partial charge < -0.3 is 24.9 Å². The van der Waals surface area contributed by atoms with Gasteiger partial charge >= 0.3 is 5.97 Å². The van der Waals surface area contributed by atoms with E-state index in [9.17, 15) is 19.5 Å². The van der Waals surface area contributed by atoms with Gasteiger partial charge in [0.15, 0.2) is 5.76 Å². The molecule has 2 amide bonds. The number of nitrogens with one attached hydrogen (secondary N) is 2. The Hall–Kier alpha value is -3.29. The van der Waals surface area contributed by atoms with Crippen LogP contribution in [-0.4, -0.2) is 42.6 Å². The molecule has 138 valence electrons. The third kappa shape index (κ3) is 5.66.